The summed E-state index contributed by atoms with van der Waals surface area (Å²) in [5.74, 6) is 0.653. The number of imide groups is 1. The van der Waals surface area contributed by atoms with E-state index in [1.807, 2.05) is 25.1 Å². The maximum absolute atomic E-state index is 12.6. The van der Waals surface area contributed by atoms with Crippen LogP contribution in [0.2, 0.25) is 0 Å². The average Bonchev–Trinajstić information content (AvgIpc) is 3.16. The van der Waals surface area contributed by atoms with Gasteiger partial charge in [0.25, 0.3) is 11.8 Å². The van der Waals surface area contributed by atoms with E-state index in [1.54, 1.807) is 6.92 Å². The molecule has 3 heterocycles. The average molecular weight is 416 g/mol. The van der Waals surface area contributed by atoms with Gasteiger partial charge in [-0.25, -0.2) is 4.79 Å². The van der Waals surface area contributed by atoms with Crippen molar-refractivity contribution in [2.24, 2.45) is 0 Å². The van der Waals surface area contributed by atoms with E-state index < -0.39 is 17.5 Å². The highest BCUT2D eigenvalue weighted by Gasteiger charge is 2.47. The van der Waals surface area contributed by atoms with Crippen molar-refractivity contribution in [2.45, 2.75) is 51.1 Å². The second-order valence-electron chi connectivity index (χ2n) is 8.18. The second-order valence-corrected chi connectivity index (χ2v) is 8.18. The Bertz CT molecular complexity index is 860. The van der Waals surface area contributed by atoms with Crippen LogP contribution in [0.4, 0.5) is 4.79 Å². The molecule has 162 valence electrons. The molecule has 3 aliphatic rings. The molecule has 0 aromatic heterocycles. The Balaban J connectivity index is 1.42. The van der Waals surface area contributed by atoms with Gasteiger partial charge < -0.3 is 14.8 Å². The highest BCUT2D eigenvalue weighted by molar-refractivity contribution is 6.07. The molecule has 30 heavy (non-hydrogen) atoms. The predicted molar refractivity (Wildman–Crippen MR) is 108 cm³/mol. The first kappa shape index (κ1) is 20.5. The van der Waals surface area contributed by atoms with Crippen molar-refractivity contribution < 1.29 is 23.9 Å². The summed E-state index contributed by atoms with van der Waals surface area (Å²) in [4.78, 5) is 39.3. The van der Waals surface area contributed by atoms with Gasteiger partial charge in [-0.1, -0.05) is 13.0 Å². The first-order chi connectivity index (χ1) is 14.4. The molecule has 3 aliphatic heterocycles. The summed E-state index contributed by atoms with van der Waals surface area (Å²) in [5, 5.41) is 3.43. The van der Waals surface area contributed by atoms with Crippen molar-refractivity contribution in [2.75, 3.05) is 26.3 Å². The lowest BCUT2D eigenvalue weighted by molar-refractivity contribution is -0.139. The van der Waals surface area contributed by atoms with E-state index in [-0.39, 0.29) is 18.5 Å². The molecule has 4 rings (SSSR count). The van der Waals surface area contributed by atoms with Crippen LogP contribution in [-0.2, 0) is 9.59 Å². The first-order valence-corrected chi connectivity index (χ1v) is 10.5. The Morgan fingerprint density at radius 1 is 1.23 bits per heavy atom. The third-order valence-electron chi connectivity index (χ3n) is 6.07. The lowest BCUT2D eigenvalue weighted by atomic mass is 10.00. The molecular formula is C21H28N4O5. The molecule has 0 aliphatic carbocycles. The van der Waals surface area contributed by atoms with E-state index >= 15 is 0 Å². The van der Waals surface area contributed by atoms with Crippen molar-refractivity contribution >= 4 is 17.8 Å². The van der Waals surface area contributed by atoms with Crippen LogP contribution >= 0.6 is 0 Å². The smallest absolute Gasteiger partial charge is 0.344 e. The molecule has 0 saturated carbocycles. The van der Waals surface area contributed by atoms with E-state index in [4.69, 9.17) is 9.47 Å². The number of carbonyl (C=O) groups is 3. The lowest BCUT2D eigenvalue weighted by Crippen LogP contribution is -2.51. The predicted octanol–water partition coefficient (Wildman–Crippen LogP) is 1.74. The SMILES string of the molecule is CC[C@]1(C)NC(=O)N(NC(=O)CN2CCC[C@@H]2c2ccc3c(c2)OCCCO3)C1=O. The van der Waals surface area contributed by atoms with Crippen LogP contribution < -0.4 is 20.2 Å². The number of amides is 4. The summed E-state index contributed by atoms with van der Waals surface area (Å²) in [6, 6.07) is 5.39. The van der Waals surface area contributed by atoms with E-state index in [1.165, 1.54) is 0 Å². The van der Waals surface area contributed by atoms with Crippen molar-refractivity contribution in [1.82, 2.24) is 20.7 Å². The van der Waals surface area contributed by atoms with Gasteiger partial charge in [0.15, 0.2) is 11.5 Å². The zero-order chi connectivity index (χ0) is 21.3. The second kappa shape index (κ2) is 8.14. The van der Waals surface area contributed by atoms with E-state index in [0.29, 0.717) is 19.6 Å². The molecule has 2 fully saturated rings. The molecular weight excluding hydrogens is 388 g/mol. The van der Waals surface area contributed by atoms with Crippen molar-refractivity contribution in [3.63, 3.8) is 0 Å². The summed E-state index contributed by atoms with van der Waals surface area (Å²) in [7, 11) is 0. The number of carbonyl (C=O) groups excluding carboxylic acids is 3. The minimum absolute atomic E-state index is 0.0666. The molecule has 9 heteroatoms. The minimum atomic E-state index is -0.982. The molecule has 1 aromatic rings. The summed E-state index contributed by atoms with van der Waals surface area (Å²) >= 11 is 0. The minimum Gasteiger partial charge on any atom is -0.490 e. The van der Waals surface area contributed by atoms with Gasteiger partial charge in [-0.3, -0.25) is 19.9 Å². The molecule has 2 N–H and O–H groups in total. The Morgan fingerprint density at radius 3 is 2.73 bits per heavy atom. The number of likely N-dealkylation sites (tertiary alicyclic amines) is 1. The number of nitrogens with zero attached hydrogens (tertiary/aromatic N) is 2. The molecule has 2 atom stereocenters. The lowest BCUT2D eigenvalue weighted by Gasteiger charge is -2.26. The van der Waals surface area contributed by atoms with Gasteiger partial charge in [0.05, 0.1) is 19.8 Å². The number of hydrogen-bond donors (Lipinski definition) is 2. The summed E-state index contributed by atoms with van der Waals surface area (Å²) < 4.78 is 11.5. The standard InChI is InChI=1S/C21H28N4O5/c1-3-21(2)19(27)25(20(28)22-21)23-18(26)13-24-9-4-6-15(24)14-7-8-16-17(12-14)30-11-5-10-29-16/h7-8,12,15H,3-6,9-11,13H2,1-2H3,(H,22,28)(H,23,26)/t15-,21+/m1/s1. The number of benzene rings is 1. The quantitative estimate of drug-likeness (QED) is 0.710. The zero-order valence-corrected chi connectivity index (χ0v) is 17.4. The van der Waals surface area contributed by atoms with Crippen LogP contribution in [0.25, 0.3) is 0 Å². The summed E-state index contributed by atoms with van der Waals surface area (Å²) in [6.45, 7) is 5.59. The fourth-order valence-corrected chi connectivity index (χ4v) is 4.15. The number of nitrogens with one attached hydrogen (secondary N) is 2. The Morgan fingerprint density at radius 2 is 2.00 bits per heavy atom. The van der Waals surface area contributed by atoms with Gasteiger partial charge in [-0.05, 0) is 50.4 Å². The third-order valence-corrected chi connectivity index (χ3v) is 6.07. The van der Waals surface area contributed by atoms with Crippen LogP contribution in [-0.4, -0.2) is 59.6 Å². The molecule has 0 bridgehead atoms. The maximum Gasteiger partial charge on any atom is 0.344 e. The number of hydrazine groups is 1. The van der Waals surface area contributed by atoms with Gasteiger partial charge in [0, 0.05) is 12.5 Å². The van der Waals surface area contributed by atoms with Crippen LogP contribution in [0.1, 0.15) is 51.1 Å². The van der Waals surface area contributed by atoms with Crippen LogP contribution in [0.15, 0.2) is 18.2 Å². The topological polar surface area (TPSA) is 100 Å². The molecule has 1 aromatic carbocycles. The molecule has 9 nitrogen and oxygen atoms in total. The van der Waals surface area contributed by atoms with Crippen LogP contribution in [0.3, 0.4) is 0 Å². The highest BCUT2D eigenvalue weighted by atomic mass is 16.5. The Labute approximate surface area is 175 Å². The van der Waals surface area contributed by atoms with Crippen molar-refractivity contribution in [3.8, 4) is 11.5 Å². The fourth-order valence-electron chi connectivity index (χ4n) is 4.15. The van der Waals surface area contributed by atoms with Gasteiger partial charge in [-0.15, -0.1) is 0 Å². The summed E-state index contributed by atoms with van der Waals surface area (Å²) in [5.41, 5.74) is 2.56. The number of urea groups is 1. The number of fused-ring (bicyclic) bond motifs is 1. The normalized spacial score (nSPS) is 26.5. The largest absolute Gasteiger partial charge is 0.490 e. The van der Waals surface area contributed by atoms with Gasteiger partial charge in [0.1, 0.15) is 5.54 Å². The molecule has 0 spiro atoms. The van der Waals surface area contributed by atoms with Crippen molar-refractivity contribution in [3.05, 3.63) is 23.8 Å². The van der Waals surface area contributed by atoms with Gasteiger partial charge >= 0.3 is 6.03 Å². The van der Waals surface area contributed by atoms with E-state index in [9.17, 15) is 14.4 Å². The Kier molecular flexibility index (Phi) is 5.55. The third kappa shape index (κ3) is 3.81. The number of hydrogen-bond acceptors (Lipinski definition) is 6. The first-order valence-electron chi connectivity index (χ1n) is 10.5. The monoisotopic (exact) mass is 416 g/mol. The van der Waals surface area contributed by atoms with E-state index in [0.717, 1.165) is 47.9 Å². The van der Waals surface area contributed by atoms with Gasteiger partial charge in [0.2, 0.25) is 0 Å². The van der Waals surface area contributed by atoms with Crippen molar-refractivity contribution in [1.29, 1.82) is 0 Å². The number of ether oxygens (including phenoxy) is 2. The molecule has 2 saturated heterocycles. The Hall–Kier alpha value is -2.81. The number of rotatable bonds is 5. The highest BCUT2D eigenvalue weighted by Crippen LogP contribution is 2.37. The molecule has 0 unspecified atom stereocenters. The molecule has 4 amide bonds. The van der Waals surface area contributed by atoms with Crippen LogP contribution in [0, 0.1) is 0 Å². The fraction of sp³-hybridized carbons (Fsp3) is 0.571. The maximum atomic E-state index is 12.6. The van der Waals surface area contributed by atoms with Gasteiger partial charge in [-0.2, -0.15) is 5.01 Å². The summed E-state index contributed by atoms with van der Waals surface area (Å²) in [6.07, 6.45) is 3.18. The zero-order valence-electron chi connectivity index (χ0n) is 17.4. The van der Waals surface area contributed by atoms with Crippen LogP contribution in [0.5, 0.6) is 11.5 Å². The molecule has 0 radical (unpaired) electrons. The van der Waals surface area contributed by atoms with E-state index in [2.05, 4.69) is 15.6 Å².